The summed E-state index contributed by atoms with van der Waals surface area (Å²) in [6.45, 7) is 10.4. The molecular formula is C28H35N7O3. The first-order valence-corrected chi connectivity index (χ1v) is 13.3. The number of pyridine rings is 1. The highest BCUT2D eigenvalue weighted by Crippen LogP contribution is 2.47. The Labute approximate surface area is 222 Å². The minimum Gasteiger partial charge on any atom is -0.444 e. The van der Waals surface area contributed by atoms with Gasteiger partial charge in [0, 0.05) is 67.9 Å². The van der Waals surface area contributed by atoms with Gasteiger partial charge in [-0.15, -0.1) is 0 Å². The van der Waals surface area contributed by atoms with Crippen molar-refractivity contribution in [1.29, 1.82) is 0 Å². The minimum atomic E-state index is -0.511. The summed E-state index contributed by atoms with van der Waals surface area (Å²) in [7, 11) is 1.89. The Balaban J connectivity index is 1.19. The van der Waals surface area contributed by atoms with Crippen molar-refractivity contribution in [1.82, 2.24) is 19.7 Å². The molecule has 2 aromatic heterocycles. The van der Waals surface area contributed by atoms with Gasteiger partial charge in [-0.1, -0.05) is 0 Å². The van der Waals surface area contributed by atoms with Crippen LogP contribution in [-0.4, -0.2) is 69.1 Å². The van der Waals surface area contributed by atoms with E-state index in [1.54, 1.807) is 15.8 Å². The minimum absolute atomic E-state index is 0.171. The predicted octanol–water partition coefficient (Wildman–Crippen LogP) is 4.46. The molecule has 1 aromatic carbocycles. The van der Waals surface area contributed by atoms with Gasteiger partial charge in [-0.05, 0) is 70.7 Å². The maximum atomic E-state index is 13.3. The molecule has 1 saturated carbocycles. The number of ether oxygens (including phenoxy) is 1. The molecule has 6 rings (SSSR count). The molecule has 38 heavy (non-hydrogen) atoms. The lowest BCUT2D eigenvalue weighted by molar-refractivity contribution is 0.0106. The number of piperazine rings is 1. The molecule has 1 saturated heterocycles. The molecule has 3 aromatic rings. The second kappa shape index (κ2) is 8.61. The van der Waals surface area contributed by atoms with E-state index in [2.05, 4.69) is 20.3 Å². The first kappa shape index (κ1) is 24.5. The van der Waals surface area contributed by atoms with E-state index in [0.29, 0.717) is 25.5 Å². The largest absolute Gasteiger partial charge is 0.444 e. The van der Waals surface area contributed by atoms with Crippen LogP contribution >= 0.6 is 0 Å². The molecule has 2 fully saturated rings. The zero-order valence-corrected chi connectivity index (χ0v) is 22.7. The van der Waals surface area contributed by atoms with E-state index in [1.807, 2.05) is 64.0 Å². The Kier molecular flexibility index (Phi) is 5.55. The van der Waals surface area contributed by atoms with Gasteiger partial charge in [-0.3, -0.25) is 14.5 Å². The Bertz CT molecular complexity index is 1440. The quantitative estimate of drug-likeness (QED) is 0.539. The van der Waals surface area contributed by atoms with Gasteiger partial charge in [0.05, 0.1) is 11.1 Å². The summed E-state index contributed by atoms with van der Waals surface area (Å²) < 4.78 is 7.47. The molecule has 0 unspecified atom stereocenters. The van der Waals surface area contributed by atoms with Crippen LogP contribution in [0.15, 0.2) is 30.6 Å². The van der Waals surface area contributed by atoms with Crippen LogP contribution in [0, 0.1) is 6.92 Å². The van der Waals surface area contributed by atoms with Crippen LogP contribution in [0.1, 0.15) is 44.7 Å². The maximum absolute atomic E-state index is 13.3. The van der Waals surface area contributed by atoms with Gasteiger partial charge in [-0.25, -0.2) is 14.6 Å². The second-order valence-corrected chi connectivity index (χ2v) is 11.8. The summed E-state index contributed by atoms with van der Waals surface area (Å²) in [5, 5.41) is 8.54. The van der Waals surface area contributed by atoms with Crippen LogP contribution in [0.2, 0.25) is 0 Å². The number of rotatable bonds is 2. The number of urea groups is 1. The lowest BCUT2D eigenvalue weighted by atomic mass is 10.1. The summed E-state index contributed by atoms with van der Waals surface area (Å²) in [6, 6.07) is 5.75. The molecule has 10 heteroatoms. The highest BCUT2D eigenvalue weighted by atomic mass is 16.6. The molecule has 1 N–H and O–H groups in total. The molecular weight excluding hydrogens is 482 g/mol. The molecule has 10 nitrogen and oxygen atoms in total. The highest BCUT2D eigenvalue weighted by molar-refractivity contribution is 6.04. The average molecular weight is 518 g/mol. The molecule has 200 valence electrons. The predicted molar refractivity (Wildman–Crippen MR) is 147 cm³/mol. The molecule has 0 bridgehead atoms. The van der Waals surface area contributed by atoms with Gasteiger partial charge in [0.15, 0.2) is 0 Å². The molecule has 1 aliphatic carbocycles. The Morgan fingerprint density at radius 1 is 1.13 bits per heavy atom. The van der Waals surface area contributed by atoms with Crippen molar-refractivity contribution in [3.63, 3.8) is 0 Å². The van der Waals surface area contributed by atoms with Crippen LogP contribution in [-0.2, 0) is 18.2 Å². The number of benzene rings is 1. The Morgan fingerprint density at radius 2 is 1.92 bits per heavy atom. The summed E-state index contributed by atoms with van der Waals surface area (Å²) >= 11 is 0. The summed E-state index contributed by atoms with van der Waals surface area (Å²) in [6.07, 6.45) is 6.21. The van der Waals surface area contributed by atoms with Crippen LogP contribution in [0.3, 0.4) is 0 Å². The first-order chi connectivity index (χ1) is 18.0. The molecule has 2 aliphatic heterocycles. The zero-order chi connectivity index (χ0) is 26.8. The molecule has 0 atom stereocenters. The van der Waals surface area contributed by atoms with Crippen LogP contribution < -0.4 is 15.1 Å². The van der Waals surface area contributed by atoms with E-state index in [9.17, 15) is 9.59 Å². The first-order valence-electron chi connectivity index (χ1n) is 13.3. The zero-order valence-electron chi connectivity index (χ0n) is 22.7. The van der Waals surface area contributed by atoms with Crippen molar-refractivity contribution < 1.29 is 14.3 Å². The maximum Gasteiger partial charge on any atom is 0.410 e. The smallest absolute Gasteiger partial charge is 0.410 e. The third-order valence-corrected chi connectivity index (χ3v) is 7.69. The van der Waals surface area contributed by atoms with Crippen molar-refractivity contribution in [3.05, 3.63) is 41.7 Å². The fourth-order valence-electron chi connectivity index (χ4n) is 5.82. The summed E-state index contributed by atoms with van der Waals surface area (Å²) in [5.41, 5.74) is 4.20. The number of nitrogens with one attached hydrogen (secondary N) is 1. The molecule has 4 heterocycles. The second-order valence-electron chi connectivity index (χ2n) is 11.8. The van der Waals surface area contributed by atoms with E-state index >= 15 is 0 Å². The van der Waals surface area contributed by atoms with E-state index in [1.165, 1.54) is 0 Å². The van der Waals surface area contributed by atoms with E-state index < -0.39 is 5.60 Å². The SMILES string of the molecule is Cc1cc(NC(=O)N2CCc3c(N4CCN(C(=O)OC(C)(C)C)C5(CC5)C4)ccnc32)cc2cn(C)nc12. The van der Waals surface area contributed by atoms with E-state index in [0.717, 1.165) is 59.2 Å². The van der Waals surface area contributed by atoms with Crippen molar-refractivity contribution in [2.45, 2.75) is 58.1 Å². The Hall–Kier alpha value is -3.82. The average Bonchev–Trinajstić information content (AvgIpc) is 3.27. The number of hydrogen-bond donors (Lipinski definition) is 1. The van der Waals surface area contributed by atoms with Gasteiger partial charge < -0.3 is 15.0 Å². The number of aromatic nitrogens is 3. The third kappa shape index (κ3) is 4.31. The van der Waals surface area contributed by atoms with Crippen LogP contribution in [0.25, 0.3) is 10.9 Å². The highest BCUT2D eigenvalue weighted by Gasteiger charge is 2.54. The number of aryl methyl sites for hydroxylation is 2. The van der Waals surface area contributed by atoms with Gasteiger partial charge in [0.1, 0.15) is 11.4 Å². The summed E-state index contributed by atoms with van der Waals surface area (Å²) in [4.78, 5) is 36.8. The molecule has 1 spiro atoms. The van der Waals surface area contributed by atoms with E-state index in [-0.39, 0.29) is 17.7 Å². The van der Waals surface area contributed by atoms with Gasteiger partial charge >= 0.3 is 12.1 Å². The fourth-order valence-corrected chi connectivity index (χ4v) is 5.82. The topological polar surface area (TPSA) is 95.8 Å². The number of anilines is 3. The van der Waals surface area contributed by atoms with Crippen molar-refractivity contribution in [2.24, 2.45) is 7.05 Å². The normalized spacial score (nSPS) is 18.2. The summed E-state index contributed by atoms with van der Waals surface area (Å²) in [5.74, 6) is 0.707. The number of hydrogen-bond acceptors (Lipinski definition) is 6. The fraction of sp³-hybridized carbons (Fsp3) is 0.500. The number of fused-ring (bicyclic) bond motifs is 2. The van der Waals surface area contributed by atoms with Gasteiger partial charge in [0.25, 0.3) is 0 Å². The molecule has 3 amide bonds. The lowest BCUT2D eigenvalue weighted by Crippen LogP contribution is -2.58. The van der Waals surface area contributed by atoms with Crippen LogP contribution in [0.5, 0.6) is 0 Å². The van der Waals surface area contributed by atoms with Gasteiger partial charge in [0.2, 0.25) is 0 Å². The van der Waals surface area contributed by atoms with Gasteiger partial charge in [-0.2, -0.15) is 5.10 Å². The lowest BCUT2D eigenvalue weighted by Gasteiger charge is -2.43. The van der Waals surface area contributed by atoms with Crippen molar-refractivity contribution in [2.75, 3.05) is 41.3 Å². The van der Waals surface area contributed by atoms with Crippen molar-refractivity contribution >= 4 is 40.2 Å². The third-order valence-electron chi connectivity index (χ3n) is 7.69. The molecule has 3 aliphatic rings. The monoisotopic (exact) mass is 517 g/mol. The molecule has 0 radical (unpaired) electrons. The standard InChI is InChI=1S/C28H35N7O3/c1-18-14-20(15-19-16-32(5)31-23(18)19)30-25(36)34-11-7-21-22(6-10-29-24(21)34)33-12-13-35(28(17-33)8-9-28)26(37)38-27(2,3)4/h6,10,14-16H,7-9,11-13,17H2,1-5H3,(H,30,36). The van der Waals surface area contributed by atoms with Crippen LogP contribution in [0.4, 0.5) is 26.8 Å². The number of carbonyl (C=O) groups excluding carboxylic acids is 2. The number of carbonyl (C=O) groups is 2. The Morgan fingerprint density at radius 3 is 2.66 bits per heavy atom. The number of amides is 3. The van der Waals surface area contributed by atoms with E-state index in [4.69, 9.17) is 4.74 Å². The van der Waals surface area contributed by atoms with Crippen molar-refractivity contribution in [3.8, 4) is 0 Å². The number of nitrogens with zero attached hydrogens (tertiary/aromatic N) is 6.